The van der Waals surface area contributed by atoms with Gasteiger partial charge in [0.25, 0.3) is 0 Å². The summed E-state index contributed by atoms with van der Waals surface area (Å²) in [6.45, 7) is 0. The van der Waals surface area contributed by atoms with Gasteiger partial charge in [-0.3, -0.25) is 14.4 Å². The first-order valence-corrected chi connectivity index (χ1v) is 6.16. The van der Waals surface area contributed by atoms with E-state index in [1.807, 2.05) is 0 Å². The van der Waals surface area contributed by atoms with Crippen LogP contribution in [0.3, 0.4) is 0 Å². The summed E-state index contributed by atoms with van der Waals surface area (Å²) >= 11 is 0. The Kier molecular flexibility index (Phi) is 2.88. The van der Waals surface area contributed by atoms with Crippen molar-refractivity contribution in [2.75, 3.05) is 0 Å². The highest BCUT2D eigenvalue weighted by atomic mass is 16.2. The topological polar surface area (TPSA) is 51.2 Å². The summed E-state index contributed by atoms with van der Waals surface area (Å²) in [6.07, 6.45) is 2.21. The predicted octanol–water partition coefficient (Wildman–Crippen LogP) is 2.96. The zero-order chi connectivity index (χ0) is 14.1. The minimum Gasteiger partial charge on any atom is -0.298 e. The minimum absolute atomic E-state index is 0.112. The maximum absolute atomic E-state index is 12.2. The van der Waals surface area contributed by atoms with Crippen LogP contribution >= 0.6 is 0 Å². The molecule has 3 heteroatoms. The van der Waals surface area contributed by atoms with Crippen molar-refractivity contribution in [1.29, 1.82) is 0 Å². The molecule has 0 fully saturated rings. The number of fused-ring (bicyclic) bond motifs is 1. The third kappa shape index (κ3) is 1.80. The lowest BCUT2D eigenvalue weighted by molar-refractivity contribution is 0.0989. The second-order valence-corrected chi connectivity index (χ2v) is 4.51. The van der Waals surface area contributed by atoms with E-state index in [0.717, 1.165) is 0 Å². The number of rotatable bonds is 2. The van der Waals surface area contributed by atoms with Gasteiger partial charge in [-0.05, 0) is 11.6 Å². The van der Waals surface area contributed by atoms with E-state index in [9.17, 15) is 14.4 Å². The molecule has 0 aromatic heterocycles. The van der Waals surface area contributed by atoms with Crippen LogP contribution in [0.4, 0.5) is 0 Å². The van der Waals surface area contributed by atoms with Crippen molar-refractivity contribution < 1.29 is 14.4 Å². The largest absolute Gasteiger partial charge is 0.298 e. The molecule has 0 amide bonds. The van der Waals surface area contributed by atoms with E-state index in [1.165, 1.54) is 6.08 Å². The summed E-state index contributed by atoms with van der Waals surface area (Å²) in [5.41, 5.74) is 1.99. The Morgan fingerprint density at radius 2 is 1.20 bits per heavy atom. The SMILES string of the molecule is O=Cc1ccccc1C=C1C(=O)c2ccccc2C1=O. The van der Waals surface area contributed by atoms with Gasteiger partial charge in [-0.15, -0.1) is 0 Å². The van der Waals surface area contributed by atoms with E-state index >= 15 is 0 Å². The molecule has 0 aliphatic heterocycles. The van der Waals surface area contributed by atoms with E-state index in [2.05, 4.69) is 0 Å². The molecule has 2 aromatic rings. The molecule has 0 radical (unpaired) electrons. The third-order valence-corrected chi connectivity index (χ3v) is 3.33. The quantitative estimate of drug-likeness (QED) is 0.475. The molecular weight excluding hydrogens is 252 g/mol. The molecule has 1 aliphatic rings. The zero-order valence-corrected chi connectivity index (χ0v) is 10.5. The van der Waals surface area contributed by atoms with Gasteiger partial charge in [0.15, 0.2) is 17.9 Å². The van der Waals surface area contributed by atoms with Gasteiger partial charge >= 0.3 is 0 Å². The van der Waals surface area contributed by atoms with Crippen LogP contribution < -0.4 is 0 Å². The summed E-state index contributed by atoms with van der Waals surface area (Å²) in [4.78, 5) is 35.5. The molecule has 20 heavy (non-hydrogen) atoms. The van der Waals surface area contributed by atoms with E-state index in [-0.39, 0.29) is 17.1 Å². The number of benzene rings is 2. The highest BCUT2D eigenvalue weighted by Gasteiger charge is 2.32. The molecular formula is C17H10O3. The van der Waals surface area contributed by atoms with Gasteiger partial charge in [0.2, 0.25) is 0 Å². The predicted molar refractivity (Wildman–Crippen MR) is 74.9 cm³/mol. The molecule has 0 saturated carbocycles. The maximum atomic E-state index is 12.2. The van der Waals surface area contributed by atoms with Crippen molar-refractivity contribution in [3.63, 3.8) is 0 Å². The summed E-state index contributed by atoms with van der Waals surface area (Å²) in [5.74, 6) is -0.572. The van der Waals surface area contributed by atoms with Crippen LogP contribution in [0.2, 0.25) is 0 Å². The Labute approximate surface area is 115 Å². The molecule has 2 aromatic carbocycles. The second-order valence-electron chi connectivity index (χ2n) is 4.51. The van der Waals surface area contributed by atoms with Crippen LogP contribution in [0.1, 0.15) is 36.6 Å². The standard InChI is InChI=1S/C17H10O3/c18-10-12-6-2-1-5-11(12)9-15-16(19)13-7-3-4-8-14(13)17(15)20/h1-10H. The number of allylic oxidation sites excluding steroid dienone is 1. The zero-order valence-electron chi connectivity index (χ0n) is 10.5. The fraction of sp³-hybridized carbons (Fsp3) is 0. The van der Waals surface area contributed by atoms with Crippen LogP contribution in [0.5, 0.6) is 0 Å². The molecule has 3 rings (SSSR count). The molecule has 0 saturated heterocycles. The van der Waals surface area contributed by atoms with Crippen molar-refractivity contribution in [1.82, 2.24) is 0 Å². The molecule has 1 aliphatic carbocycles. The van der Waals surface area contributed by atoms with Gasteiger partial charge in [-0.25, -0.2) is 0 Å². The van der Waals surface area contributed by atoms with Crippen LogP contribution in [-0.4, -0.2) is 17.9 Å². The molecule has 0 spiro atoms. The lowest BCUT2D eigenvalue weighted by Gasteiger charge is -1.99. The fourth-order valence-corrected chi connectivity index (χ4v) is 2.31. The van der Waals surface area contributed by atoms with Crippen molar-refractivity contribution in [2.45, 2.75) is 0 Å². The fourth-order valence-electron chi connectivity index (χ4n) is 2.31. The van der Waals surface area contributed by atoms with Crippen LogP contribution in [-0.2, 0) is 0 Å². The monoisotopic (exact) mass is 262 g/mol. The van der Waals surface area contributed by atoms with Crippen LogP contribution in [0, 0.1) is 0 Å². The van der Waals surface area contributed by atoms with E-state index in [1.54, 1.807) is 48.5 Å². The van der Waals surface area contributed by atoms with Crippen molar-refractivity contribution in [3.05, 3.63) is 76.4 Å². The van der Waals surface area contributed by atoms with E-state index < -0.39 is 0 Å². The Balaban J connectivity index is 2.13. The van der Waals surface area contributed by atoms with Crippen molar-refractivity contribution in [3.8, 4) is 0 Å². The summed E-state index contributed by atoms with van der Waals surface area (Å²) in [5, 5.41) is 0. The van der Waals surface area contributed by atoms with Crippen molar-refractivity contribution >= 4 is 23.9 Å². The van der Waals surface area contributed by atoms with Gasteiger partial charge in [-0.2, -0.15) is 0 Å². The molecule has 0 unspecified atom stereocenters. The van der Waals surface area contributed by atoms with Crippen molar-refractivity contribution in [2.24, 2.45) is 0 Å². The van der Waals surface area contributed by atoms with Gasteiger partial charge in [0.1, 0.15) is 0 Å². The number of carbonyl (C=O) groups excluding carboxylic acids is 3. The van der Waals surface area contributed by atoms with E-state index in [0.29, 0.717) is 28.5 Å². The lowest BCUT2D eigenvalue weighted by atomic mass is 10.0. The van der Waals surface area contributed by atoms with Crippen LogP contribution in [0.25, 0.3) is 6.08 Å². The first-order chi connectivity index (χ1) is 9.72. The highest BCUT2D eigenvalue weighted by molar-refractivity contribution is 6.41. The van der Waals surface area contributed by atoms with Gasteiger partial charge in [0.05, 0.1) is 5.57 Å². The van der Waals surface area contributed by atoms with Gasteiger partial charge < -0.3 is 0 Å². The number of hydrogen-bond donors (Lipinski definition) is 0. The Hall–Kier alpha value is -2.81. The maximum Gasteiger partial charge on any atom is 0.197 e. The number of hydrogen-bond acceptors (Lipinski definition) is 3. The highest BCUT2D eigenvalue weighted by Crippen LogP contribution is 2.28. The van der Waals surface area contributed by atoms with E-state index in [4.69, 9.17) is 0 Å². The molecule has 0 N–H and O–H groups in total. The molecule has 0 atom stereocenters. The smallest absolute Gasteiger partial charge is 0.197 e. The average molecular weight is 262 g/mol. The van der Waals surface area contributed by atoms with Crippen LogP contribution in [0.15, 0.2) is 54.1 Å². The first kappa shape index (κ1) is 12.2. The number of Topliss-reactive ketones (excluding diaryl/α,β-unsaturated/α-hetero) is 2. The molecule has 0 bridgehead atoms. The Morgan fingerprint density at radius 3 is 1.75 bits per heavy atom. The average Bonchev–Trinajstić information content (AvgIpc) is 2.73. The Bertz CT molecular complexity index is 732. The molecule has 96 valence electrons. The van der Waals surface area contributed by atoms with Gasteiger partial charge in [-0.1, -0.05) is 48.5 Å². The lowest BCUT2D eigenvalue weighted by Crippen LogP contribution is -2.01. The number of carbonyl (C=O) groups is 3. The number of ketones is 2. The third-order valence-electron chi connectivity index (χ3n) is 3.33. The summed E-state index contributed by atoms with van der Waals surface area (Å²) in [7, 11) is 0. The normalized spacial score (nSPS) is 13.3. The Morgan fingerprint density at radius 1 is 0.700 bits per heavy atom. The molecule has 0 heterocycles. The molecule has 3 nitrogen and oxygen atoms in total. The van der Waals surface area contributed by atoms with Gasteiger partial charge in [0, 0.05) is 16.7 Å². The minimum atomic E-state index is -0.286. The first-order valence-electron chi connectivity index (χ1n) is 6.16. The summed E-state index contributed by atoms with van der Waals surface area (Å²) < 4.78 is 0. The second kappa shape index (κ2) is 4.70. The number of aldehydes is 1. The summed E-state index contributed by atoms with van der Waals surface area (Å²) in [6, 6.07) is 13.6.